The standard InChI is InChI=1S/C27H33IN2O2/c1-18(11-14-23-20(3)10-7-15-27(23,4)5)8-6-9-19(2)16-25(31)30-24-17-21(28)12-13-22(24)26(29)32/h6,8-9,11-14,16-17H,7,10,15H2,1-5H3,(H2,29,32)(H,30,31)/b9-6+,14-11+,18-8+,19-16+. The van der Waals surface area contributed by atoms with Crippen LogP contribution in [-0.4, -0.2) is 11.8 Å². The number of nitrogens with one attached hydrogen (secondary N) is 1. The van der Waals surface area contributed by atoms with Crippen LogP contribution in [0.2, 0.25) is 0 Å². The van der Waals surface area contributed by atoms with Gasteiger partial charge in [-0.05, 0) is 97.4 Å². The Balaban J connectivity index is 2.04. The molecule has 32 heavy (non-hydrogen) atoms. The lowest BCUT2D eigenvalue weighted by atomic mass is 9.72. The molecule has 4 nitrogen and oxygen atoms in total. The number of amides is 2. The van der Waals surface area contributed by atoms with Crippen LogP contribution in [-0.2, 0) is 4.79 Å². The van der Waals surface area contributed by atoms with E-state index in [4.69, 9.17) is 5.73 Å². The molecule has 1 aromatic rings. The smallest absolute Gasteiger partial charge is 0.250 e. The fourth-order valence-corrected chi connectivity index (χ4v) is 4.38. The van der Waals surface area contributed by atoms with Crippen molar-refractivity contribution in [3.8, 4) is 0 Å². The van der Waals surface area contributed by atoms with Crippen LogP contribution in [0.1, 0.15) is 64.2 Å². The lowest BCUT2D eigenvalue weighted by Gasteiger charge is -2.32. The first-order valence-electron chi connectivity index (χ1n) is 10.8. The van der Waals surface area contributed by atoms with Crippen molar-refractivity contribution in [2.75, 3.05) is 5.32 Å². The maximum Gasteiger partial charge on any atom is 0.250 e. The third-order valence-electron chi connectivity index (χ3n) is 5.64. The highest BCUT2D eigenvalue weighted by atomic mass is 127. The fourth-order valence-electron chi connectivity index (χ4n) is 3.89. The van der Waals surface area contributed by atoms with Crippen LogP contribution in [0.4, 0.5) is 5.69 Å². The average Bonchev–Trinajstić information content (AvgIpc) is 2.66. The summed E-state index contributed by atoms with van der Waals surface area (Å²) in [5.74, 6) is -0.882. The van der Waals surface area contributed by atoms with E-state index in [0.717, 1.165) is 14.7 Å². The predicted octanol–water partition coefficient (Wildman–Crippen LogP) is 6.86. The molecule has 3 N–H and O–H groups in total. The molecule has 170 valence electrons. The molecule has 0 saturated carbocycles. The monoisotopic (exact) mass is 544 g/mol. The molecule has 0 fully saturated rings. The zero-order valence-corrected chi connectivity index (χ0v) is 21.7. The van der Waals surface area contributed by atoms with Crippen LogP contribution in [0.3, 0.4) is 0 Å². The van der Waals surface area contributed by atoms with Gasteiger partial charge in [0.25, 0.3) is 5.91 Å². The zero-order valence-electron chi connectivity index (χ0n) is 19.6. The lowest BCUT2D eigenvalue weighted by molar-refractivity contribution is -0.111. The van der Waals surface area contributed by atoms with Gasteiger partial charge in [0.05, 0.1) is 11.3 Å². The maximum absolute atomic E-state index is 12.4. The predicted molar refractivity (Wildman–Crippen MR) is 142 cm³/mol. The van der Waals surface area contributed by atoms with Crippen molar-refractivity contribution in [2.45, 2.75) is 53.9 Å². The van der Waals surface area contributed by atoms with E-state index in [1.165, 1.54) is 36.5 Å². The first-order chi connectivity index (χ1) is 15.0. The topological polar surface area (TPSA) is 72.2 Å². The van der Waals surface area contributed by atoms with Crippen molar-refractivity contribution in [1.82, 2.24) is 0 Å². The number of hydrogen-bond acceptors (Lipinski definition) is 2. The van der Waals surface area contributed by atoms with Crippen molar-refractivity contribution in [3.05, 3.63) is 86.1 Å². The number of benzene rings is 1. The average molecular weight is 544 g/mol. The minimum Gasteiger partial charge on any atom is -0.366 e. The van der Waals surface area contributed by atoms with E-state index in [1.807, 2.05) is 25.2 Å². The van der Waals surface area contributed by atoms with Crippen LogP contribution < -0.4 is 11.1 Å². The van der Waals surface area contributed by atoms with Gasteiger partial charge in [-0.15, -0.1) is 0 Å². The van der Waals surface area contributed by atoms with Crippen molar-refractivity contribution in [1.29, 1.82) is 0 Å². The van der Waals surface area contributed by atoms with Crippen molar-refractivity contribution in [3.63, 3.8) is 0 Å². The number of allylic oxidation sites excluding steroid dienone is 9. The van der Waals surface area contributed by atoms with Gasteiger partial charge in [0.15, 0.2) is 0 Å². The molecule has 0 saturated heterocycles. The Hall–Kier alpha value is -2.41. The first kappa shape index (κ1) is 25.8. The van der Waals surface area contributed by atoms with Crippen LogP contribution in [0.15, 0.2) is 76.9 Å². The third kappa shape index (κ3) is 7.62. The highest BCUT2D eigenvalue weighted by molar-refractivity contribution is 14.1. The third-order valence-corrected chi connectivity index (χ3v) is 6.31. The molecule has 0 spiro atoms. The number of hydrogen-bond donors (Lipinski definition) is 2. The second-order valence-corrected chi connectivity index (χ2v) is 10.2. The van der Waals surface area contributed by atoms with Gasteiger partial charge in [-0.25, -0.2) is 0 Å². The largest absolute Gasteiger partial charge is 0.366 e. The molecule has 0 heterocycles. The van der Waals surface area contributed by atoms with Gasteiger partial charge >= 0.3 is 0 Å². The summed E-state index contributed by atoms with van der Waals surface area (Å²) >= 11 is 2.12. The maximum atomic E-state index is 12.4. The Bertz CT molecular complexity index is 1040. The van der Waals surface area contributed by atoms with E-state index in [1.54, 1.807) is 18.2 Å². The lowest BCUT2D eigenvalue weighted by Crippen LogP contribution is -2.19. The molecule has 1 aliphatic rings. The van der Waals surface area contributed by atoms with Crippen LogP contribution >= 0.6 is 22.6 Å². The first-order valence-corrected chi connectivity index (χ1v) is 11.9. The number of nitrogens with two attached hydrogens (primary N) is 1. The molecule has 0 aliphatic heterocycles. The Morgan fingerprint density at radius 3 is 2.53 bits per heavy atom. The Labute approximate surface area is 205 Å². The summed E-state index contributed by atoms with van der Waals surface area (Å²) in [4.78, 5) is 23.9. The van der Waals surface area contributed by atoms with Crippen LogP contribution in [0, 0.1) is 8.99 Å². The highest BCUT2D eigenvalue weighted by Crippen LogP contribution is 2.40. The normalized spacial score (nSPS) is 17.3. The van der Waals surface area contributed by atoms with E-state index in [9.17, 15) is 9.59 Å². The SMILES string of the molecule is CC1=C(/C=C/C(C)=C/C=C/C(C)=C/C(=O)Nc2cc(I)ccc2C(N)=O)C(C)(C)CCC1. The summed E-state index contributed by atoms with van der Waals surface area (Å²) in [6.45, 7) is 10.8. The van der Waals surface area contributed by atoms with E-state index in [0.29, 0.717) is 5.69 Å². The molecule has 1 aromatic carbocycles. The fraction of sp³-hybridized carbons (Fsp3) is 0.333. The Kier molecular flexibility index (Phi) is 9.25. The summed E-state index contributed by atoms with van der Waals surface area (Å²) in [7, 11) is 0. The molecule has 0 atom stereocenters. The van der Waals surface area contributed by atoms with Gasteiger partial charge in [0.1, 0.15) is 0 Å². The zero-order chi connectivity index (χ0) is 23.9. The van der Waals surface area contributed by atoms with Crippen molar-refractivity contribution in [2.24, 2.45) is 11.1 Å². The molecule has 2 rings (SSSR count). The minimum absolute atomic E-state index is 0.229. The summed E-state index contributed by atoms with van der Waals surface area (Å²) in [6, 6.07) is 5.11. The summed E-state index contributed by atoms with van der Waals surface area (Å²) in [6.07, 6.45) is 15.4. The van der Waals surface area contributed by atoms with Crippen LogP contribution in [0.25, 0.3) is 0 Å². The van der Waals surface area contributed by atoms with Crippen molar-refractivity contribution < 1.29 is 9.59 Å². The molecule has 1 aliphatic carbocycles. The number of rotatable bonds is 7. The molecule has 0 radical (unpaired) electrons. The van der Waals surface area contributed by atoms with Crippen molar-refractivity contribution >= 4 is 40.1 Å². The molecule has 0 bridgehead atoms. The molecule has 0 unspecified atom stereocenters. The molecular formula is C27H33IN2O2. The number of halogens is 1. The summed E-state index contributed by atoms with van der Waals surface area (Å²) in [5, 5.41) is 2.74. The van der Waals surface area contributed by atoms with E-state index < -0.39 is 5.91 Å². The Morgan fingerprint density at radius 1 is 1.16 bits per heavy atom. The summed E-state index contributed by atoms with van der Waals surface area (Å²) < 4.78 is 0.903. The van der Waals surface area contributed by atoms with Gasteiger partial charge < -0.3 is 11.1 Å². The number of carbonyl (C=O) groups is 2. The van der Waals surface area contributed by atoms with E-state index in [-0.39, 0.29) is 16.9 Å². The van der Waals surface area contributed by atoms with Gasteiger partial charge in [-0.2, -0.15) is 0 Å². The summed E-state index contributed by atoms with van der Waals surface area (Å²) in [5.41, 5.74) is 11.2. The number of carbonyl (C=O) groups excluding carboxylic acids is 2. The van der Waals surface area contributed by atoms with Crippen LogP contribution in [0.5, 0.6) is 0 Å². The van der Waals surface area contributed by atoms with E-state index in [2.05, 4.69) is 67.8 Å². The molecule has 5 heteroatoms. The number of primary amides is 1. The number of anilines is 1. The second-order valence-electron chi connectivity index (χ2n) is 8.97. The minimum atomic E-state index is -0.575. The molecule has 0 aromatic heterocycles. The van der Waals surface area contributed by atoms with E-state index >= 15 is 0 Å². The van der Waals surface area contributed by atoms with Gasteiger partial charge in [0.2, 0.25) is 5.91 Å². The molecule has 2 amide bonds. The van der Waals surface area contributed by atoms with Gasteiger partial charge in [0, 0.05) is 9.65 Å². The molecular weight excluding hydrogens is 511 g/mol. The Morgan fingerprint density at radius 2 is 1.88 bits per heavy atom. The van der Waals surface area contributed by atoms with Gasteiger partial charge in [-0.1, -0.05) is 55.4 Å². The second kappa shape index (κ2) is 11.5. The highest BCUT2D eigenvalue weighted by Gasteiger charge is 2.26. The quantitative estimate of drug-likeness (QED) is 0.224. The van der Waals surface area contributed by atoms with Gasteiger partial charge in [-0.3, -0.25) is 9.59 Å².